The lowest BCUT2D eigenvalue weighted by atomic mass is 10.0. The molecule has 1 heterocycles. The molecule has 0 amide bonds. The maximum Gasteiger partial charge on any atom is 0.191 e. The number of hydrogen-bond acceptors (Lipinski definition) is 4. The Hall–Kier alpha value is -2.23. The van der Waals surface area contributed by atoms with Crippen LogP contribution in [0.3, 0.4) is 0 Å². The zero-order valence-corrected chi connectivity index (χ0v) is 21.6. The van der Waals surface area contributed by atoms with Gasteiger partial charge in [0.15, 0.2) is 5.96 Å². The fourth-order valence-corrected chi connectivity index (χ4v) is 3.68. The van der Waals surface area contributed by atoms with Crippen LogP contribution < -0.4 is 25.0 Å². The van der Waals surface area contributed by atoms with E-state index >= 15 is 0 Å². The monoisotopic (exact) mass is 556 g/mol. The van der Waals surface area contributed by atoms with Gasteiger partial charge < -0.3 is 25.0 Å². The minimum Gasteiger partial charge on any atom is -0.497 e. The third-order valence-electron chi connectivity index (χ3n) is 5.54. The summed E-state index contributed by atoms with van der Waals surface area (Å²) in [4.78, 5) is 7.00. The second-order valence-corrected chi connectivity index (χ2v) is 7.76. The minimum absolute atomic E-state index is 0. The van der Waals surface area contributed by atoms with Crippen molar-refractivity contribution in [2.24, 2.45) is 4.99 Å². The zero-order chi connectivity index (χ0) is 22.2. The van der Waals surface area contributed by atoms with Crippen LogP contribution in [0.1, 0.15) is 30.9 Å². The molecular weight excluding hydrogens is 522 g/mol. The van der Waals surface area contributed by atoms with Crippen molar-refractivity contribution >= 4 is 35.6 Å². The van der Waals surface area contributed by atoms with Gasteiger partial charge in [-0.2, -0.15) is 0 Å². The highest BCUT2D eigenvalue weighted by Crippen LogP contribution is 2.30. The lowest BCUT2D eigenvalue weighted by Crippen LogP contribution is -2.48. The summed E-state index contributed by atoms with van der Waals surface area (Å²) in [5.74, 6) is 2.17. The molecule has 2 aromatic rings. The van der Waals surface area contributed by atoms with Gasteiger partial charge in [-0.3, -0.25) is 0 Å². The van der Waals surface area contributed by atoms with Crippen LogP contribution in [0.25, 0.3) is 0 Å². The normalized spacial score (nSPS) is 14.5. The molecule has 0 radical (unpaired) electrons. The predicted molar refractivity (Wildman–Crippen MR) is 139 cm³/mol. The first-order valence-corrected chi connectivity index (χ1v) is 10.8. The van der Waals surface area contributed by atoms with Gasteiger partial charge in [-0.1, -0.05) is 12.1 Å². The molecule has 2 N–H and O–H groups in total. The van der Waals surface area contributed by atoms with Crippen molar-refractivity contribution in [1.82, 2.24) is 10.6 Å². The molecule has 0 saturated carbocycles. The molecule has 1 fully saturated rings. The van der Waals surface area contributed by atoms with E-state index in [1.165, 1.54) is 0 Å². The number of ether oxygens (including phenoxy) is 2. The summed E-state index contributed by atoms with van der Waals surface area (Å²) in [6.45, 7) is 6.88. The molecule has 3 rings (SSSR count). The van der Waals surface area contributed by atoms with Gasteiger partial charge in [0, 0.05) is 49.6 Å². The van der Waals surface area contributed by atoms with E-state index in [4.69, 9.17) is 9.47 Å². The lowest BCUT2D eigenvalue weighted by Gasteiger charge is -2.34. The molecule has 0 spiro atoms. The van der Waals surface area contributed by atoms with Crippen LogP contribution in [0.5, 0.6) is 11.5 Å². The van der Waals surface area contributed by atoms with Crippen molar-refractivity contribution in [3.05, 3.63) is 53.3 Å². The summed E-state index contributed by atoms with van der Waals surface area (Å²) < 4.78 is 24.6. The van der Waals surface area contributed by atoms with E-state index in [-0.39, 0.29) is 29.8 Å². The molecule has 0 aliphatic carbocycles. The zero-order valence-electron chi connectivity index (χ0n) is 19.3. The number of aliphatic imine (C=N–C) groups is 1. The van der Waals surface area contributed by atoms with Crippen LogP contribution in [-0.2, 0) is 6.54 Å². The van der Waals surface area contributed by atoms with Crippen LogP contribution in [0.15, 0.2) is 41.4 Å². The average Bonchev–Trinajstić information content (AvgIpc) is 2.80. The smallest absolute Gasteiger partial charge is 0.191 e. The molecule has 8 heteroatoms. The Morgan fingerprint density at radius 1 is 1.09 bits per heavy atom. The minimum atomic E-state index is -0.188. The lowest BCUT2D eigenvalue weighted by molar-refractivity contribution is 0.393. The molecule has 176 valence electrons. The molecule has 6 nitrogen and oxygen atoms in total. The van der Waals surface area contributed by atoms with Crippen molar-refractivity contribution in [3.8, 4) is 11.5 Å². The Labute approximate surface area is 207 Å². The Balaban J connectivity index is 0.00000363. The number of methoxy groups -OCH3 is 2. The number of nitrogens with one attached hydrogen (secondary N) is 2. The molecule has 0 aromatic heterocycles. The Kier molecular flexibility index (Phi) is 10.3. The van der Waals surface area contributed by atoms with Gasteiger partial charge in [0.1, 0.15) is 17.3 Å². The van der Waals surface area contributed by atoms with Gasteiger partial charge in [0.25, 0.3) is 0 Å². The van der Waals surface area contributed by atoms with E-state index < -0.39 is 0 Å². The van der Waals surface area contributed by atoms with Gasteiger partial charge >= 0.3 is 0 Å². The number of rotatable bonds is 7. The molecule has 0 bridgehead atoms. The molecule has 32 heavy (non-hydrogen) atoms. The largest absolute Gasteiger partial charge is 0.497 e. The van der Waals surface area contributed by atoms with E-state index in [2.05, 4.69) is 20.5 Å². The molecular formula is C24H34FIN4O2. The molecule has 1 saturated heterocycles. The highest BCUT2D eigenvalue weighted by atomic mass is 127. The van der Waals surface area contributed by atoms with E-state index in [1.54, 1.807) is 33.3 Å². The summed E-state index contributed by atoms with van der Waals surface area (Å²) in [6, 6.07) is 11.6. The van der Waals surface area contributed by atoms with Crippen molar-refractivity contribution in [2.75, 3.05) is 38.8 Å². The molecule has 1 aliphatic rings. The standard InChI is InChI=1S/C24H33FN4O2.HI/c1-5-26-24(27-16-18-7-6-17(2)23(25)12-18)28-19-8-10-29(11-9-19)20-13-21(30-3)15-22(14-20)31-4;/h6-7,12-15,19H,5,8-11,16H2,1-4H3,(H2,26,27,28);1H. The van der Waals surface area contributed by atoms with Crippen molar-refractivity contribution < 1.29 is 13.9 Å². The first-order chi connectivity index (χ1) is 15.0. The number of halogens is 2. The van der Waals surface area contributed by atoms with Crippen molar-refractivity contribution in [3.63, 3.8) is 0 Å². The summed E-state index contributed by atoms with van der Waals surface area (Å²) in [5, 5.41) is 6.84. The summed E-state index contributed by atoms with van der Waals surface area (Å²) in [7, 11) is 3.34. The van der Waals surface area contributed by atoms with Gasteiger partial charge in [-0.15, -0.1) is 24.0 Å². The second-order valence-electron chi connectivity index (χ2n) is 7.76. The van der Waals surface area contributed by atoms with E-state index in [0.717, 1.165) is 61.2 Å². The third kappa shape index (κ3) is 7.15. The second kappa shape index (κ2) is 12.7. The highest BCUT2D eigenvalue weighted by Gasteiger charge is 2.21. The number of nitrogens with zero attached hydrogens (tertiary/aromatic N) is 2. The number of piperidine rings is 1. The van der Waals surface area contributed by atoms with E-state index in [1.807, 2.05) is 31.2 Å². The van der Waals surface area contributed by atoms with Crippen LogP contribution in [0.4, 0.5) is 10.1 Å². The Bertz CT molecular complexity index is 879. The summed E-state index contributed by atoms with van der Waals surface area (Å²) >= 11 is 0. The van der Waals surface area contributed by atoms with E-state index in [0.29, 0.717) is 18.2 Å². The Morgan fingerprint density at radius 3 is 2.31 bits per heavy atom. The van der Waals surface area contributed by atoms with Gasteiger partial charge in [0.2, 0.25) is 0 Å². The predicted octanol–water partition coefficient (Wildman–Crippen LogP) is 4.49. The van der Waals surface area contributed by atoms with Crippen LogP contribution in [0, 0.1) is 12.7 Å². The summed E-state index contributed by atoms with van der Waals surface area (Å²) in [6.07, 6.45) is 1.98. The highest BCUT2D eigenvalue weighted by molar-refractivity contribution is 14.0. The van der Waals surface area contributed by atoms with Gasteiger partial charge in [-0.05, 0) is 43.9 Å². The SMILES string of the molecule is CCNC(=NCc1ccc(C)c(F)c1)NC1CCN(c2cc(OC)cc(OC)c2)CC1.I. The summed E-state index contributed by atoms with van der Waals surface area (Å²) in [5.41, 5.74) is 2.62. The topological polar surface area (TPSA) is 58.1 Å². The fourth-order valence-electron chi connectivity index (χ4n) is 3.68. The molecule has 0 unspecified atom stereocenters. The number of anilines is 1. The molecule has 2 aromatic carbocycles. The van der Waals surface area contributed by atoms with Crippen molar-refractivity contribution in [2.45, 2.75) is 39.3 Å². The molecule has 0 atom stereocenters. The van der Waals surface area contributed by atoms with Crippen LogP contribution >= 0.6 is 24.0 Å². The maximum absolute atomic E-state index is 13.8. The first kappa shape index (κ1) is 26.0. The van der Waals surface area contributed by atoms with Crippen molar-refractivity contribution in [1.29, 1.82) is 0 Å². The quantitative estimate of drug-likeness (QED) is 0.299. The average molecular weight is 556 g/mol. The Morgan fingerprint density at radius 2 is 1.75 bits per heavy atom. The van der Waals surface area contributed by atoms with Gasteiger partial charge in [0.05, 0.1) is 20.8 Å². The molecule has 1 aliphatic heterocycles. The number of hydrogen-bond donors (Lipinski definition) is 2. The van der Waals surface area contributed by atoms with Crippen LogP contribution in [0.2, 0.25) is 0 Å². The maximum atomic E-state index is 13.8. The third-order valence-corrected chi connectivity index (χ3v) is 5.54. The van der Waals surface area contributed by atoms with Crippen LogP contribution in [-0.4, -0.2) is 45.9 Å². The number of aryl methyl sites for hydroxylation is 1. The number of benzene rings is 2. The first-order valence-electron chi connectivity index (χ1n) is 10.8. The fraction of sp³-hybridized carbons (Fsp3) is 0.458. The van der Waals surface area contributed by atoms with E-state index in [9.17, 15) is 4.39 Å². The number of guanidine groups is 1. The van der Waals surface area contributed by atoms with Gasteiger partial charge in [-0.25, -0.2) is 9.38 Å².